The van der Waals surface area contributed by atoms with Gasteiger partial charge < -0.3 is 15.5 Å². The number of ether oxygens (including phenoxy) is 1. The number of alkyl halides is 3. The van der Waals surface area contributed by atoms with Gasteiger partial charge in [0.05, 0.1) is 17.4 Å². The maximum atomic E-state index is 12.4. The van der Waals surface area contributed by atoms with Gasteiger partial charge in [-0.25, -0.2) is 0 Å². The lowest BCUT2D eigenvalue weighted by atomic mass is 9.91. The van der Waals surface area contributed by atoms with Crippen LogP contribution in [0.5, 0.6) is 5.75 Å². The molecular weight excluding hydrogens is 455 g/mol. The SMILES string of the molecule is N=C/C=C(\NCc1ccc(OC(F)(F)F)cc1)c1ccc2c(c1)C(c1ccc3cn[nH]c3c1)C=N2. The Morgan fingerprint density at radius 2 is 1.91 bits per heavy atom. The monoisotopic (exact) mass is 475 g/mol. The van der Waals surface area contributed by atoms with Crippen molar-refractivity contribution in [3.63, 3.8) is 0 Å². The molecule has 0 fully saturated rings. The van der Waals surface area contributed by atoms with Crippen LogP contribution in [-0.4, -0.2) is 29.0 Å². The van der Waals surface area contributed by atoms with Crippen LogP contribution in [0, 0.1) is 5.41 Å². The van der Waals surface area contributed by atoms with Crippen LogP contribution >= 0.6 is 0 Å². The van der Waals surface area contributed by atoms with Gasteiger partial charge in [0.25, 0.3) is 0 Å². The summed E-state index contributed by atoms with van der Waals surface area (Å²) in [6.45, 7) is 0.361. The zero-order valence-corrected chi connectivity index (χ0v) is 18.3. The van der Waals surface area contributed by atoms with Crippen molar-refractivity contribution in [3.05, 3.63) is 95.2 Å². The number of aromatic nitrogens is 2. The Morgan fingerprint density at radius 3 is 2.69 bits per heavy atom. The highest BCUT2D eigenvalue weighted by atomic mass is 19.4. The van der Waals surface area contributed by atoms with Gasteiger partial charge in [-0.15, -0.1) is 13.2 Å². The Morgan fingerprint density at radius 1 is 1.09 bits per heavy atom. The average Bonchev–Trinajstić information content (AvgIpc) is 3.47. The molecule has 2 heterocycles. The lowest BCUT2D eigenvalue weighted by molar-refractivity contribution is -0.274. The van der Waals surface area contributed by atoms with E-state index in [9.17, 15) is 13.2 Å². The van der Waals surface area contributed by atoms with Crippen molar-refractivity contribution in [3.8, 4) is 5.75 Å². The zero-order chi connectivity index (χ0) is 24.4. The predicted octanol–water partition coefficient (Wildman–Crippen LogP) is 6.09. The highest BCUT2D eigenvalue weighted by Gasteiger charge is 2.31. The third-order valence-electron chi connectivity index (χ3n) is 5.75. The van der Waals surface area contributed by atoms with E-state index in [1.807, 2.05) is 30.5 Å². The largest absolute Gasteiger partial charge is 0.573 e. The van der Waals surface area contributed by atoms with Crippen LogP contribution in [0.1, 0.15) is 28.2 Å². The van der Waals surface area contributed by atoms with E-state index in [0.29, 0.717) is 12.2 Å². The Hall–Kier alpha value is -4.40. The van der Waals surface area contributed by atoms with Crippen LogP contribution in [0.15, 0.2) is 77.9 Å². The van der Waals surface area contributed by atoms with Crippen LogP contribution in [0.3, 0.4) is 0 Å². The molecule has 1 aliphatic rings. The van der Waals surface area contributed by atoms with Crippen molar-refractivity contribution in [2.24, 2.45) is 4.99 Å². The van der Waals surface area contributed by atoms with E-state index >= 15 is 0 Å². The minimum atomic E-state index is -4.72. The minimum Gasteiger partial charge on any atom is -0.406 e. The van der Waals surface area contributed by atoms with Crippen LogP contribution in [-0.2, 0) is 6.54 Å². The molecule has 9 heteroatoms. The first-order valence-electron chi connectivity index (χ1n) is 10.8. The number of hydrogen-bond donors (Lipinski definition) is 3. The molecule has 0 saturated carbocycles. The van der Waals surface area contributed by atoms with Crippen LogP contribution in [0.2, 0.25) is 0 Å². The van der Waals surface area contributed by atoms with E-state index in [2.05, 4.69) is 37.4 Å². The molecular formula is C26H20F3N5O. The van der Waals surface area contributed by atoms with Crippen LogP contribution in [0.25, 0.3) is 16.6 Å². The number of hydrogen-bond acceptors (Lipinski definition) is 5. The number of fused-ring (bicyclic) bond motifs is 2. The second-order valence-corrected chi connectivity index (χ2v) is 8.04. The third kappa shape index (κ3) is 4.93. The third-order valence-corrected chi connectivity index (χ3v) is 5.75. The predicted molar refractivity (Wildman–Crippen MR) is 129 cm³/mol. The zero-order valence-electron chi connectivity index (χ0n) is 18.3. The molecule has 1 unspecified atom stereocenters. The summed E-state index contributed by atoms with van der Waals surface area (Å²) in [5, 5.41) is 19.0. The molecule has 6 nitrogen and oxygen atoms in total. The molecule has 3 N–H and O–H groups in total. The minimum absolute atomic E-state index is 0.0138. The fourth-order valence-electron chi connectivity index (χ4n) is 4.08. The van der Waals surface area contributed by atoms with Gasteiger partial charge in [0.15, 0.2) is 0 Å². The number of allylic oxidation sites excluding steroid dienone is 1. The van der Waals surface area contributed by atoms with Gasteiger partial charge in [-0.3, -0.25) is 10.1 Å². The molecule has 1 aromatic heterocycles. The van der Waals surface area contributed by atoms with Crippen molar-refractivity contribution in [1.29, 1.82) is 5.41 Å². The normalized spacial score (nSPS) is 15.3. The Balaban J connectivity index is 1.35. The number of benzene rings is 3. The van der Waals surface area contributed by atoms with Gasteiger partial charge in [0, 0.05) is 36.0 Å². The molecule has 0 bridgehead atoms. The van der Waals surface area contributed by atoms with Crippen LogP contribution < -0.4 is 10.1 Å². The molecule has 4 aromatic rings. The van der Waals surface area contributed by atoms with Crippen molar-refractivity contribution < 1.29 is 17.9 Å². The second kappa shape index (κ2) is 9.09. The summed E-state index contributed by atoms with van der Waals surface area (Å²) in [4.78, 5) is 4.57. The summed E-state index contributed by atoms with van der Waals surface area (Å²) in [5.74, 6) is -0.283. The van der Waals surface area contributed by atoms with E-state index in [-0.39, 0.29) is 11.7 Å². The lowest BCUT2D eigenvalue weighted by Gasteiger charge is -2.15. The average molecular weight is 475 g/mol. The summed E-state index contributed by atoms with van der Waals surface area (Å²) in [7, 11) is 0. The molecule has 176 valence electrons. The maximum Gasteiger partial charge on any atom is 0.573 e. The fourth-order valence-corrected chi connectivity index (χ4v) is 4.08. The van der Waals surface area contributed by atoms with Gasteiger partial charge in [0.2, 0.25) is 0 Å². The lowest BCUT2D eigenvalue weighted by Crippen LogP contribution is -2.17. The van der Waals surface area contributed by atoms with Crippen molar-refractivity contribution in [2.75, 3.05) is 0 Å². The number of nitrogens with one attached hydrogen (secondary N) is 3. The first-order valence-corrected chi connectivity index (χ1v) is 10.8. The highest BCUT2D eigenvalue weighted by molar-refractivity contribution is 5.89. The van der Waals surface area contributed by atoms with E-state index < -0.39 is 6.36 Å². The fraction of sp³-hybridized carbons (Fsp3) is 0.115. The van der Waals surface area contributed by atoms with E-state index in [1.54, 1.807) is 24.4 Å². The molecule has 0 aliphatic carbocycles. The number of H-pyrrole nitrogens is 1. The number of aromatic amines is 1. The van der Waals surface area contributed by atoms with E-state index in [1.165, 1.54) is 18.3 Å². The molecule has 1 aliphatic heterocycles. The summed E-state index contributed by atoms with van der Waals surface area (Å²) < 4.78 is 41.0. The van der Waals surface area contributed by atoms with Gasteiger partial charge in [-0.2, -0.15) is 5.10 Å². The molecule has 1 atom stereocenters. The Bertz CT molecular complexity index is 1440. The number of halogens is 3. The van der Waals surface area contributed by atoms with E-state index in [4.69, 9.17) is 5.41 Å². The summed E-state index contributed by atoms with van der Waals surface area (Å²) in [6, 6.07) is 17.8. The van der Waals surface area contributed by atoms with E-state index in [0.717, 1.165) is 38.8 Å². The summed E-state index contributed by atoms with van der Waals surface area (Å²) in [5.41, 5.74) is 6.35. The van der Waals surface area contributed by atoms with Crippen LogP contribution in [0.4, 0.5) is 18.9 Å². The summed E-state index contributed by atoms with van der Waals surface area (Å²) in [6.07, 6.45) is 1.81. The Kier molecular flexibility index (Phi) is 5.82. The first-order chi connectivity index (χ1) is 16.9. The molecule has 35 heavy (non-hydrogen) atoms. The smallest absolute Gasteiger partial charge is 0.406 e. The van der Waals surface area contributed by atoms with Gasteiger partial charge in [-0.05, 0) is 58.7 Å². The van der Waals surface area contributed by atoms with Crippen molar-refractivity contribution >= 4 is 34.7 Å². The second-order valence-electron chi connectivity index (χ2n) is 8.04. The molecule has 3 aromatic carbocycles. The standard InChI is InChI=1S/C26H20F3N5O/c27-26(28,29)35-20-6-1-16(2-7-20)13-31-23(9-10-30)18-5-8-24-21(11-18)22(15-32-24)17-3-4-19-14-33-34-25(19)12-17/h1-12,14-15,22,30-31H,13H2,(H,33,34)/b23-9-,30-10?. The quantitative estimate of drug-likeness (QED) is 0.283. The number of nitrogens with zero attached hydrogens (tertiary/aromatic N) is 2. The van der Waals surface area contributed by atoms with Crippen molar-refractivity contribution in [2.45, 2.75) is 18.8 Å². The number of aliphatic imine (C=N–C) groups is 1. The van der Waals surface area contributed by atoms with Crippen molar-refractivity contribution in [1.82, 2.24) is 15.5 Å². The van der Waals surface area contributed by atoms with Gasteiger partial charge in [0.1, 0.15) is 5.75 Å². The number of rotatable bonds is 7. The maximum absolute atomic E-state index is 12.4. The first kappa shape index (κ1) is 22.4. The molecule has 0 radical (unpaired) electrons. The Labute approximate surface area is 198 Å². The van der Waals surface area contributed by atoms with Gasteiger partial charge in [-0.1, -0.05) is 30.3 Å². The topological polar surface area (TPSA) is 86.1 Å². The van der Waals surface area contributed by atoms with Gasteiger partial charge >= 0.3 is 6.36 Å². The summed E-state index contributed by atoms with van der Waals surface area (Å²) >= 11 is 0. The molecule has 0 saturated heterocycles. The highest BCUT2D eigenvalue weighted by Crippen LogP contribution is 2.38. The molecule has 5 rings (SSSR count). The molecule has 0 spiro atoms. The molecule has 0 amide bonds.